The molecule has 0 aliphatic heterocycles. The molecule has 7 aromatic carbocycles. The average Bonchev–Trinajstić information content (AvgIpc) is 3.55. The molecule has 0 N–H and O–H groups in total. The lowest BCUT2D eigenvalue weighted by atomic mass is 10.0. The van der Waals surface area contributed by atoms with Gasteiger partial charge < -0.3 is 4.90 Å². The standard InChI is InChI=1S/C45H30N2S/c1-2-8-31(9-3-1)33-17-23-38(24-18-33)47(39-25-19-34(20-26-39)37-16-15-32-10-4-5-11-36(32)30-37)40-27-21-35(22-28-40)41-12-6-13-42-43-14-7-29-46-45(43)48-44(41)42/h1-30H. The van der Waals surface area contributed by atoms with Gasteiger partial charge in [-0.15, -0.1) is 11.3 Å². The lowest BCUT2D eigenvalue weighted by Crippen LogP contribution is -2.09. The molecule has 0 fully saturated rings. The first kappa shape index (κ1) is 28.2. The Labute approximate surface area is 283 Å². The maximum atomic E-state index is 4.63. The number of hydrogen-bond donors (Lipinski definition) is 0. The van der Waals surface area contributed by atoms with Crippen LogP contribution >= 0.6 is 11.3 Å². The zero-order valence-corrected chi connectivity index (χ0v) is 26.9. The molecule has 0 atom stereocenters. The van der Waals surface area contributed by atoms with E-state index in [1.165, 1.54) is 59.6 Å². The molecule has 0 saturated heterocycles. The fourth-order valence-electron chi connectivity index (χ4n) is 6.70. The molecular formula is C45H30N2S. The topological polar surface area (TPSA) is 16.1 Å². The van der Waals surface area contributed by atoms with Crippen LogP contribution in [0.3, 0.4) is 0 Å². The Kier molecular flexibility index (Phi) is 7.03. The molecule has 3 heteroatoms. The van der Waals surface area contributed by atoms with E-state index < -0.39 is 0 Å². The number of aromatic nitrogens is 1. The normalized spacial score (nSPS) is 11.3. The monoisotopic (exact) mass is 630 g/mol. The summed E-state index contributed by atoms with van der Waals surface area (Å²) in [6.45, 7) is 0. The first-order valence-electron chi connectivity index (χ1n) is 16.2. The second-order valence-electron chi connectivity index (χ2n) is 12.0. The predicted molar refractivity (Wildman–Crippen MR) is 206 cm³/mol. The van der Waals surface area contributed by atoms with E-state index >= 15 is 0 Å². The van der Waals surface area contributed by atoms with E-state index in [2.05, 4.69) is 180 Å². The number of fused-ring (bicyclic) bond motifs is 4. The molecule has 0 bridgehead atoms. The van der Waals surface area contributed by atoms with Crippen LogP contribution < -0.4 is 4.90 Å². The zero-order valence-electron chi connectivity index (χ0n) is 26.1. The number of benzene rings is 7. The van der Waals surface area contributed by atoms with E-state index in [0.29, 0.717) is 0 Å². The number of thiophene rings is 1. The molecule has 0 saturated carbocycles. The van der Waals surface area contributed by atoms with E-state index in [4.69, 9.17) is 0 Å². The van der Waals surface area contributed by atoms with Gasteiger partial charge in [-0.2, -0.15) is 0 Å². The highest BCUT2D eigenvalue weighted by atomic mass is 32.1. The van der Waals surface area contributed by atoms with Crippen molar-refractivity contribution in [2.45, 2.75) is 0 Å². The molecule has 9 rings (SSSR count). The highest BCUT2D eigenvalue weighted by Crippen LogP contribution is 2.41. The van der Waals surface area contributed by atoms with Gasteiger partial charge >= 0.3 is 0 Å². The molecule has 0 aliphatic carbocycles. The zero-order chi connectivity index (χ0) is 31.9. The van der Waals surface area contributed by atoms with E-state index in [1.54, 1.807) is 11.3 Å². The Hall–Kier alpha value is -6.03. The average molecular weight is 631 g/mol. The number of nitrogens with zero attached hydrogens (tertiary/aromatic N) is 2. The Balaban J connectivity index is 1.11. The number of pyridine rings is 1. The fraction of sp³-hybridized carbons (Fsp3) is 0. The van der Waals surface area contributed by atoms with Gasteiger partial charge in [-0.3, -0.25) is 0 Å². The van der Waals surface area contributed by atoms with Gasteiger partial charge in [0.15, 0.2) is 0 Å². The minimum Gasteiger partial charge on any atom is -0.311 e. The van der Waals surface area contributed by atoms with E-state index in [9.17, 15) is 0 Å². The molecule has 9 aromatic rings. The second kappa shape index (κ2) is 12.0. The quantitative estimate of drug-likeness (QED) is 0.182. The molecule has 0 unspecified atom stereocenters. The summed E-state index contributed by atoms with van der Waals surface area (Å²) in [7, 11) is 0. The SMILES string of the molecule is c1ccc(-c2ccc(N(c3ccc(-c4ccc5ccccc5c4)cc3)c3ccc(-c4cccc5c4sc4ncccc45)cc3)cc2)cc1. The summed E-state index contributed by atoms with van der Waals surface area (Å²) < 4.78 is 1.27. The van der Waals surface area contributed by atoms with Gasteiger partial charge in [0, 0.05) is 38.7 Å². The molecule has 226 valence electrons. The molecule has 0 aliphatic rings. The summed E-state index contributed by atoms with van der Waals surface area (Å²) >= 11 is 1.77. The maximum Gasteiger partial charge on any atom is 0.124 e. The van der Waals surface area contributed by atoms with Gasteiger partial charge in [-0.25, -0.2) is 4.98 Å². The second-order valence-corrected chi connectivity index (χ2v) is 13.0. The van der Waals surface area contributed by atoms with Crippen LogP contribution in [0.5, 0.6) is 0 Å². The molecular weight excluding hydrogens is 601 g/mol. The van der Waals surface area contributed by atoms with Gasteiger partial charge in [-0.1, -0.05) is 121 Å². The molecule has 0 amide bonds. The molecule has 48 heavy (non-hydrogen) atoms. The predicted octanol–water partition coefficient (Wildman–Crippen LogP) is 13.1. The van der Waals surface area contributed by atoms with Crippen LogP contribution in [0.2, 0.25) is 0 Å². The summed E-state index contributed by atoms with van der Waals surface area (Å²) in [6, 6.07) is 63.3. The highest BCUT2D eigenvalue weighted by molar-refractivity contribution is 7.26. The van der Waals surface area contributed by atoms with Gasteiger partial charge in [0.1, 0.15) is 4.83 Å². The summed E-state index contributed by atoms with van der Waals surface area (Å²) in [5, 5.41) is 4.98. The third-order valence-electron chi connectivity index (χ3n) is 9.15. The van der Waals surface area contributed by atoms with E-state index in [0.717, 1.165) is 21.9 Å². The van der Waals surface area contributed by atoms with Crippen LogP contribution in [0.4, 0.5) is 17.1 Å². The number of hydrogen-bond acceptors (Lipinski definition) is 3. The van der Waals surface area contributed by atoms with Crippen LogP contribution in [0.15, 0.2) is 182 Å². The van der Waals surface area contributed by atoms with Crippen molar-refractivity contribution in [3.8, 4) is 33.4 Å². The van der Waals surface area contributed by atoms with Gasteiger partial charge in [0.05, 0.1) is 0 Å². The number of anilines is 3. The van der Waals surface area contributed by atoms with Crippen molar-refractivity contribution < 1.29 is 0 Å². The molecule has 0 radical (unpaired) electrons. The first-order valence-corrected chi connectivity index (χ1v) is 17.0. The summed E-state index contributed by atoms with van der Waals surface area (Å²) in [5.41, 5.74) is 10.6. The van der Waals surface area contributed by atoms with E-state index in [-0.39, 0.29) is 0 Å². The minimum absolute atomic E-state index is 1.08. The van der Waals surface area contributed by atoms with Crippen LogP contribution in [0.25, 0.3) is 64.5 Å². The van der Waals surface area contributed by atoms with Gasteiger partial charge in [0.2, 0.25) is 0 Å². The molecule has 2 nitrogen and oxygen atoms in total. The minimum atomic E-state index is 1.08. The third-order valence-corrected chi connectivity index (χ3v) is 10.3. The van der Waals surface area contributed by atoms with Gasteiger partial charge in [0.25, 0.3) is 0 Å². The molecule has 0 spiro atoms. The Morgan fingerprint density at radius 3 is 1.67 bits per heavy atom. The Bertz CT molecular complexity index is 2530. The molecule has 2 aromatic heterocycles. The first-order chi connectivity index (χ1) is 23.8. The lowest BCUT2D eigenvalue weighted by molar-refractivity contribution is 1.28. The van der Waals surface area contributed by atoms with Crippen LogP contribution in [-0.4, -0.2) is 4.98 Å². The largest absolute Gasteiger partial charge is 0.311 e. The summed E-state index contributed by atoms with van der Waals surface area (Å²) in [5.74, 6) is 0. The number of rotatable bonds is 6. The van der Waals surface area contributed by atoms with Crippen molar-refractivity contribution in [2.24, 2.45) is 0 Å². The Morgan fingerprint density at radius 1 is 0.396 bits per heavy atom. The van der Waals surface area contributed by atoms with E-state index in [1.807, 2.05) is 12.3 Å². The summed E-state index contributed by atoms with van der Waals surface area (Å²) in [6.07, 6.45) is 1.88. The van der Waals surface area contributed by atoms with Crippen molar-refractivity contribution in [3.05, 3.63) is 182 Å². The fourth-order valence-corrected chi connectivity index (χ4v) is 7.88. The smallest absolute Gasteiger partial charge is 0.124 e. The van der Waals surface area contributed by atoms with Crippen LogP contribution in [0, 0.1) is 0 Å². The van der Waals surface area contributed by atoms with Crippen LogP contribution in [-0.2, 0) is 0 Å². The lowest BCUT2D eigenvalue weighted by Gasteiger charge is -2.26. The summed E-state index contributed by atoms with van der Waals surface area (Å²) in [4.78, 5) is 8.05. The maximum absolute atomic E-state index is 4.63. The highest BCUT2D eigenvalue weighted by Gasteiger charge is 2.15. The third kappa shape index (κ3) is 5.11. The van der Waals surface area contributed by atoms with Crippen molar-refractivity contribution in [2.75, 3.05) is 4.90 Å². The van der Waals surface area contributed by atoms with Crippen molar-refractivity contribution in [1.82, 2.24) is 4.98 Å². The van der Waals surface area contributed by atoms with Gasteiger partial charge in [-0.05, 0) is 98.8 Å². The Morgan fingerprint density at radius 2 is 0.958 bits per heavy atom. The van der Waals surface area contributed by atoms with Crippen molar-refractivity contribution >= 4 is 59.5 Å². The van der Waals surface area contributed by atoms with Crippen LogP contribution in [0.1, 0.15) is 0 Å². The van der Waals surface area contributed by atoms with Crippen molar-refractivity contribution in [1.29, 1.82) is 0 Å². The molecule has 2 heterocycles. The van der Waals surface area contributed by atoms with Crippen molar-refractivity contribution in [3.63, 3.8) is 0 Å².